The lowest BCUT2D eigenvalue weighted by atomic mass is 10.1. The van der Waals surface area contributed by atoms with Crippen molar-refractivity contribution in [1.82, 2.24) is 20.0 Å². The van der Waals surface area contributed by atoms with Gasteiger partial charge in [0, 0.05) is 42.6 Å². The van der Waals surface area contributed by atoms with Crippen LogP contribution in [0.1, 0.15) is 29.0 Å². The van der Waals surface area contributed by atoms with E-state index in [4.69, 9.17) is 11.6 Å². The number of para-hydroxylation sites is 1. The van der Waals surface area contributed by atoms with E-state index in [2.05, 4.69) is 28.1 Å². The molecule has 1 aliphatic heterocycles. The van der Waals surface area contributed by atoms with E-state index in [9.17, 15) is 4.79 Å². The predicted octanol–water partition coefficient (Wildman–Crippen LogP) is 3.74. The average molecular weight is 369 g/mol. The van der Waals surface area contributed by atoms with Gasteiger partial charge in [0.15, 0.2) is 5.69 Å². The van der Waals surface area contributed by atoms with Gasteiger partial charge in [0.1, 0.15) is 0 Å². The van der Waals surface area contributed by atoms with Crippen molar-refractivity contribution < 1.29 is 4.79 Å². The highest BCUT2D eigenvalue weighted by Crippen LogP contribution is 2.28. The molecule has 1 atom stereocenters. The minimum Gasteiger partial charge on any atom is -0.335 e. The Morgan fingerprint density at radius 3 is 2.54 bits per heavy atom. The molecule has 2 heterocycles. The molecule has 26 heavy (non-hydrogen) atoms. The number of nitrogens with one attached hydrogen (secondary N) is 1. The number of benzene rings is 2. The Balaban J connectivity index is 1.45. The number of carbonyl (C=O) groups is 1. The Morgan fingerprint density at radius 1 is 1.08 bits per heavy atom. The molecule has 1 fully saturated rings. The maximum atomic E-state index is 12.9. The average Bonchev–Trinajstić information content (AvgIpc) is 3.11. The smallest absolute Gasteiger partial charge is 0.275 e. The number of hydrogen-bond acceptors (Lipinski definition) is 3. The van der Waals surface area contributed by atoms with Crippen LogP contribution in [0.4, 0.5) is 0 Å². The molecule has 1 aromatic heterocycles. The second-order valence-electron chi connectivity index (χ2n) is 6.64. The summed E-state index contributed by atoms with van der Waals surface area (Å²) in [5.74, 6) is -0.00695. The monoisotopic (exact) mass is 368 g/mol. The SMILES string of the molecule is C[C@H](c1ccccc1Cl)N1CCN(C(=O)c2n[nH]c3ccccc23)CC1. The van der Waals surface area contributed by atoms with E-state index in [-0.39, 0.29) is 11.9 Å². The van der Waals surface area contributed by atoms with E-state index < -0.39 is 0 Å². The molecular weight excluding hydrogens is 348 g/mol. The van der Waals surface area contributed by atoms with Gasteiger partial charge in [-0.05, 0) is 24.6 Å². The molecule has 1 aliphatic rings. The van der Waals surface area contributed by atoms with Crippen LogP contribution in [0, 0.1) is 0 Å². The second kappa shape index (κ2) is 7.09. The lowest BCUT2D eigenvalue weighted by Crippen LogP contribution is -2.49. The fraction of sp³-hybridized carbons (Fsp3) is 0.300. The van der Waals surface area contributed by atoms with Gasteiger partial charge in [0.25, 0.3) is 5.91 Å². The van der Waals surface area contributed by atoms with Gasteiger partial charge in [-0.1, -0.05) is 48.0 Å². The minimum absolute atomic E-state index is 0.00695. The maximum Gasteiger partial charge on any atom is 0.275 e. The Hall–Kier alpha value is -2.37. The van der Waals surface area contributed by atoms with Crippen LogP contribution >= 0.6 is 11.6 Å². The van der Waals surface area contributed by atoms with Crippen LogP contribution < -0.4 is 0 Å². The Morgan fingerprint density at radius 2 is 1.77 bits per heavy atom. The normalized spacial score (nSPS) is 16.8. The number of H-pyrrole nitrogens is 1. The van der Waals surface area contributed by atoms with Gasteiger partial charge in [-0.25, -0.2) is 0 Å². The zero-order valence-corrected chi connectivity index (χ0v) is 15.4. The molecule has 0 saturated carbocycles. The molecule has 0 aliphatic carbocycles. The Kier molecular flexibility index (Phi) is 4.66. The van der Waals surface area contributed by atoms with Crippen LogP contribution in [-0.2, 0) is 0 Å². The van der Waals surface area contributed by atoms with E-state index >= 15 is 0 Å². The number of carbonyl (C=O) groups excluding carboxylic acids is 1. The molecule has 0 radical (unpaired) electrons. The van der Waals surface area contributed by atoms with Gasteiger partial charge in [-0.2, -0.15) is 5.10 Å². The number of piperazine rings is 1. The van der Waals surface area contributed by atoms with Crippen molar-refractivity contribution in [3.8, 4) is 0 Å². The highest BCUT2D eigenvalue weighted by Gasteiger charge is 2.27. The third kappa shape index (κ3) is 3.08. The van der Waals surface area contributed by atoms with Gasteiger partial charge in [0.2, 0.25) is 0 Å². The summed E-state index contributed by atoms with van der Waals surface area (Å²) in [5.41, 5.74) is 2.53. The first-order valence-electron chi connectivity index (χ1n) is 8.86. The number of halogens is 1. The minimum atomic E-state index is -0.00695. The molecule has 3 aromatic rings. The molecule has 6 heteroatoms. The summed E-state index contributed by atoms with van der Waals surface area (Å²) in [6.45, 7) is 5.19. The van der Waals surface area contributed by atoms with Gasteiger partial charge in [0.05, 0.1) is 5.52 Å². The van der Waals surface area contributed by atoms with Crippen molar-refractivity contribution in [2.45, 2.75) is 13.0 Å². The number of hydrogen-bond donors (Lipinski definition) is 1. The van der Waals surface area contributed by atoms with Gasteiger partial charge in [-0.3, -0.25) is 14.8 Å². The lowest BCUT2D eigenvalue weighted by molar-refractivity contribution is 0.0578. The molecule has 1 saturated heterocycles. The third-order valence-electron chi connectivity index (χ3n) is 5.18. The van der Waals surface area contributed by atoms with E-state index in [1.165, 1.54) is 0 Å². The highest BCUT2D eigenvalue weighted by molar-refractivity contribution is 6.31. The molecule has 4 rings (SSSR count). The van der Waals surface area contributed by atoms with E-state index in [0.29, 0.717) is 18.8 Å². The largest absolute Gasteiger partial charge is 0.335 e. The molecular formula is C20H21ClN4O. The highest BCUT2D eigenvalue weighted by atomic mass is 35.5. The summed E-state index contributed by atoms with van der Waals surface area (Å²) in [6.07, 6.45) is 0. The number of aromatic amines is 1. The topological polar surface area (TPSA) is 52.2 Å². The first-order chi connectivity index (χ1) is 12.6. The zero-order valence-electron chi connectivity index (χ0n) is 14.7. The number of amides is 1. The van der Waals surface area contributed by atoms with Gasteiger partial charge in [-0.15, -0.1) is 0 Å². The molecule has 0 spiro atoms. The van der Waals surface area contributed by atoms with Crippen molar-refractivity contribution in [3.63, 3.8) is 0 Å². The summed E-state index contributed by atoms with van der Waals surface area (Å²) in [4.78, 5) is 17.1. The van der Waals surface area contributed by atoms with Crippen LogP contribution in [0.2, 0.25) is 5.02 Å². The van der Waals surface area contributed by atoms with Crippen molar-refractivity contribution in [1.29, 1.82) is 0 Å². The molecule has 1 amide bonds. The van der Waals surface area contributed by atoms with Gasteiger partial charge >= 0.3 is 0 Å². The van der Waals surface area contributed by atoms with Crippen molar-refractivity contribution in [2.75, 3.05) is 26.2 Å². The Labute approximate surface area is 157 Å². The van der Waals surface area contributed by atoms with E-state index in [0.717, 1.165) is 34.6 Å². The lowest BCUT2D eigenvalue weighted by Gasteiger charge is -2.38. The molecule has 1 N–H and O–H groups in total. The standard InChI is InChI=1S/C20H21ClN4O/c1-14(15-6-2-4-8-17(15)21)24-10-12-25(13-11-24)20(26)19-16-7-3-5-9-18(16)22-23-19/h2-9,14H,10-13H2,1H3,(H,22,23)/t14-/m1/s1. The summed E-state index contributed by atoms with van der Waals surface area (Å²) in [6, 6.07) is 15.9. The van der Waals surface area contributed by atoms with Crippen LogP contribution in [0.3, 0.4) is 0 Å². The molecule has 5 nitrogen and oxygen atoms in total. The van der Waals surface area contributed by atoms with Crippen LogP contribution in [0.5, 0.6) is 0 Å². The quantitative estimate of drug-likeness (QED) is 0.766. The number of rotatable bonds is 3. The summed E-state index contributed by atoms with van der Waals surface area (Å²) in [7, 11) is 0. The first-order valence-corrected chi connectivity index (χ1v) is 9.24. The number of fused-ring (bicyclic) bond motifs is 1. The fourth-order valence-corrected chi connectivity index (χ4v) is 3.89. The summed E-state index contributed by atoms with van der Waals surface area (Å²) >= 11 is 6.34. The second-order valence-corrected chi connectivity index (χ2v) is 7.05. The molecule has 0 unspecified atom stereocenters. The van der Waals surface area contributed by atoms with Crippen LogP contribution in [-0.4, -0.2) is 52.1 Å². The number of aromatic nitrogens is 2. The fourth-order valence-electron chi connectivity index (χ4n) is 3.60. The molecule has 0 bridgehead atoms. The van der Waals surface area contributed by atoms with Crippen LogP contribution in [0.25, 0.3) is 10.9 Å². The van der Waals surface area contributed by atoms with Crippen LogP contribution in [0.15, 0.2) is 48.5 Å². The first kappa shape index (κ1) is 17.1. The molecule has 134 valence electrons. The number of nitrogens with zero attached hydrogens (tertiary/aromatic N) is 3. The molecule has 2 aromatic carbocycles. The van der Waals surface area contributed by atoms with Crippen molar-refractivity contribution in [2.24, 2.45) is 0 Å². The Bertz CT molecular complexity index is 930. The van der Waals surface area contributed by atoms with Gasteiger partial charge < -0.3 is 4.90 Å². The van der Waals surface area contributed by atoms with E-state index in [1.54, 1.807) is 0 Å². The van der Waals surface area contributed by atoms with Crippen molar-refractivity contribution >= 4 is 28.4 Å². The zero-order chi connectivity index (χ0) is 18.1. The summed E-state index contributed by atoms with van der Waals surface area (Å²) < 4.78 is 0. The summed E-state index contributed by atoms with van der Waals surface area (Å²) in [5, 5.41) is 8.85. The van der Waals surface area contributed by atoms with E-state index in [1.807, 2.05) is 47.4 Å². The maximum absolute atomic E-state index is 12.9. The van der Waals surface area contributed by atoms with Crippen molar-refractivity contribution in [3.05, 3.63) is 64.8 Å². The third-order valence-corrected chi connectivity index (χ3v) is 5.52. The predicted molar refractivity (Wildman–Crippen MR) is 103 cm³/mol.